The summed E-state index contributed by atoms with van der Waals surface area (Å²) in [5, 5.41) is 25.0. The minimum Gasteiger partial charge on any atom is -0.508 e. The summed E-state index contributed by atoms with van der Waals surface area (Å²) in [6.45, 7) is 1.78. The summed E-state index contributed by atoms with van der Waals surface area (Å²) >= 11 is 0. The Kier molecular flexibility index (Phi) is 9.31. The Labute approximate surface area is 214 Å². The van der Waals surface area contributed by atoms with Gasteiger partial charge in [-0.2, -0.15) is 4.98 Å². The van der Waals surface area contributed by atoms with E-state index in [2.05, 4.69) is 39.1 Å². The lowest BCUT2D eigenvalue weighted by atomic mass is 9.90. The van der Waals surface area contributed by atoms with Crippen LogP contribution >= 0.6 is 0 Å². The fourth-order valence-electron chi connectivity index (χ4n) is 3.86. The van der Waals surface area contributed by atoms with E-state index in [-0.39, 0.29) is 11.7 Å². The second-order valence-electron chi connectivity index (χ2n) is 8.31. The molecular formula is C27H28N4O6. The van der Waals surface area contributed by atoms with Crippen molar-refractivity contribution in [3.63, 3.8) is 0 Å². The highest BCUT2D eigenvalue weighted by molar-refractivity contribution is 6.05. The molecule has 37 heavy (non-hydrogen) atoms. The molecule has 192 valence electrons. The quantitative estimate of drug-likeness (QED) is 0.429. The van der Waals surface area contributed by atoms with Crippen molar-refractivity contribution in [3.8, 4) is 5.75 Å². The predicted octanol–water partition coefficient (Wildman–Crippen LogP) is 3.55. The van der Waals surface area contributed by atoms with Gasteiger partial charge in [-0.05, 0) is 54.7 Å². The van der Waals surface area contributed by atoms with E-state index in [0.717, 1.165) is 25.9 Å². The lowest BCUT2D eigenvalue weighted by molar-refractivity contribution is -0.134. The molecule has 1 saturated heterocycles. The summed E-state index contributed by atoms with van der Waals surface area (Å²) in [4.78, 5) is 44.6. The molecule has 2 aromatic carbocycles. The molecule has 4 rings (SSSR count). The zero-order valence-electron chi connectivity index (χ0n) is 20.3. The monoisotopic (exact) mass is 504 g/mol. The first kappa shape index (κ1) is 26.9. The zero-order valence-corrected chi connectivity index (χ0v) is 20.3. The van der Waals surface area contributed by atoms with Crippen LogP contribution in [0.4, 0.5) is 11.8 Å². The average Bonchev–Trinajstić information content (AvgIpc) is 2.92. The number of carbonyl (C=O) groups is 3. The molecule has 0 spiro atoms. The van der Waals surface area contributed by atoms with Crippen LogP contribution in [-0.4, -0.2) is 63.3 Å². The van der Waals surface area contributed by atoms with Gasteiger partial charge in [0.2, 0.25) is 5.95 Å². The van der Waals surface area contributed by atoms with E-state index in [0.29, 0.717) is 35.4 Å². The Balaban J connectivity index is 0.000000414. The lowest BCUT2D eigenvalue weighted by Gasteiger charge is -2.32. The maximum atomic E-state index is 12.7. The van der Waals surface area contributed by atoms with Gasteiger partial charge in [0.25, 0.3) is 5.91 Å². The van der Waals surface area contributed by atoms with Crippen molar-refractivity contribution in [1.29, 1.82) is 0 Å². The normalized spacial score (nSPS) is 13.5. The van der Waals surface area contributed by atoms with E-state index in [9.17, 15) is 19.5 Å². The highest BCUT2D eigenvalue weighted by atomic mass is 16.4. The second kappa shape index (κ2) is 12.8. The Morgan fingerprint density at radius 3 is 2.08 bits per heavy atom. The third-order valence-corrected chi connectivity index (χ3v) is 5.81. The predicted molar refractivity (Wildman–Crippen MR) is 138 cm³/mol. The lowest BCUT2D eigenvalue weighted by Crippen LogP contribution is -2.35. The number of phenolic OH excluding ortho intramolecular Hbond substituents is 1. The van der Waals surface area contributed by atoms with Crippen LogP contribution < -0.4 is 9.80 Å². The van der Waals surface area contributed by atoms with Gasteiger partial charge >= 0.3 is 11.9 Å². The summed E-state index contributed by atoms with van der Waals surface area (Å²) in [6, 6.07) is 18.6. The van der Waals surface area contributed by atoms with E-state index < -0.39 is 11.9 Å². The first-order chi connectivity index (χ1) is 17.7. The number of nitrogens with zero attached hydrogens (tertiary/aromatic N) is 4. The van der Waals surface area contributed by atoms with Crippen LogP contribution in [0, 0.1) is 0 Å². The van der Waals surface area contributed by atoms with Gasteiger partial charge in [0.1, 0.15) is 11.6 Å². The highest BCUT2D eigenvalue weighted by Crippen LogP contribution is 2.29. The number of hydrogen-bond donors (Lipinski definition) is 3. The molecule has 3 aromatic rings. The number of rotatable bonds is 6. The summed E-state index contributed by atoms with van der Waals surface area (Å²) in [5.41, 5.74) is 1.88. The number of carboxylic acids is 2. The highest BCUT2D eigenvalue weighted by Gasteiger charge is 2.23. The van der Waals surface area contributed by atoms with Crippen molar-refractivity contribution in [3.05, 3.63) is 90.1 Å². The van der Waals surface area contributed by atoms with E-state index in [1.807, 2.05) is 6.07 Å². The number of hydrogen-bond acceptors (Lipinski definition) is 7. The number of aromatic hydroxyl groups is 1. The van der Waals surface area contributed by atoms with E-state index in [4.69, 9.17) is 10.2 Å². The topological polar surface area (TPSA) is 144 Å². The summed E-state index contributed by atoms with van der Waals surface area (Å²) in [6.07, 6.45) is 4.92. The second-order valence-corrected chi connectivity index (χ2v) is 8.31. The van der Waals surface area contributed by atoms with Crippen molar-refractivity contribution in [1.82, 2.24) is 9.97 Å². The smallest absolute Gasteiger partial charge is 0.328 e. The number of anilines is 2. The Bertz CT molecular complexity index is 1220. The summed E-state index contributed by atoms with van der Waals surface area (Å²) in [5.74, 6) is -0.795. The number of aromatic nitrogens is 2. The number of carboxylic acid groups (broad SMARTS) is 2. The molecule has 2 heterocycles. The molecule has 0 aliphatic carbocycles. The Morgan fingerprint density at radius 1 is 0.919 bits per heavy atom. The van der Waals surface area contributed by atoms with Gasteiger partial charge in [0, 0.05) is 44.0 Å². The first-order valence-electron chi connectivity index (χ1n) is 11.6. The van der Waals surface area contributed by atoms with Crippen LogP contribution in [0.25, 0.3) is 0 Å². The zero-order chi connectivity index (χ0) is 26.8. The van der Waals surface area contributed by atoms with Crippen LogP contribution in [0.3, 0.4) is 0 Å². The van der Waals surface area contributed by atoms with Crippen molar-refractivity contribution < 1.29 is 29.7 Å². The maximum absolute atomic E-state index is 12.7. The van der Waals surface area contributed by atoms with Gasteiger partial charge in [-0.1, -0.05) is 30.3 Å². The molecular weight excluding hydrogens is 476 g/mol. The van der Waals surface area contributed by atoms with Crippen LogP contribution in [0.2, 0.25) is 0 Å². The number of piperidine rings is 1. The van der Waals surface area contributed by atoms with Crippen molar-refractivity contribution in [2.45, 2.75) is 18.8 Å². The minimum absolute atomic E-state index is 0.132. The molecule has 3 N–H and O–H groups in total. The molecule has 1 aliphatic heterocycles. The number of aliphatic carboxylic acids is 2. The van der Waals surface area contributed by atoms with E-state index in [1.165, 1.54) is 22.6 Å². The van der Waals surface area contributed by atoms with Crippen LogP contribution in [-0.2, 0) is 9.59 Å². The molecule has 10 heteroatoms. The van der Waals surface area contributed by atoms with E-state index in [1.54, 1.807) is 31.4 Å². The molecule has 0 saturated carbocycles. The van der Waals surface area contributed by atoms with Crippen LogP contribution in [0.1, 0.15) is 34.7 Å². The SMILES string of the molecule is CN(C(=O)c1ccc(O)cc1)c1ccnc(N2CCC(c3ccccc3)CC2)n1.O=C(O)/C=C\C(=O)O. The fraction of sp³-hybridized carbons (Fsp3) is 0.222. The molecule has 1 amide bonds. The average molecular weight is 505 g/mol. The largest absolute Gasteiger partial charge is 0.508 e. The van der Waals surface area contributed by atoms with Crippen molar-refractivity contribution in [2.24, 2.45) is 0 Å². The maximum Gasteiger partial charge on any atom is 0.328 e. The Hall–Kier alpha value is -4.73. The van der Waals surface area contributed by atoms with Gasteiger partial charge in [0.05, 0.1) is 0 Å². The van der Waals surface area contributed by atoms with Crippen LogP contribution in [0.15, 0.2) is 79.0 Å². The van der Waals surface area contributed by atoms with Crippen molar-refractivity contribution in [2.75, 3.05) is 29.9 Å². The minimum atomic E-state index is -1.26. The van der Waals surface area contributed by atoms with Gasteiger partial charge in [0.15, 0.2) is 0 Å². The number of amides is 1. The molecule has 1 fully saturated rings. The van der Waals surface area contributed by atoms with Crippen LogP contribution in [0.5, 0.6) is 5.75 Å². The number of benzene rings is 2. The molecule has 0 unspecified atom stereocenters. The third kappa shape index (κ3) is 7.89. The van der Waals surface area contributed by atoms with Crippen molar-refractivity contribution >= 4 is 29.6 Å². The van der Waals surface area contributed by atoms with E-state index >= 15 is 0 Å². The first-order valence-corrected chi connectivity index (χ1v) is 11.6. The third-order valence-electron chi connectivity index (χ3n) is 5.81. The number of phenols is 1. The fourth-order valence-corrected chi connectivity index (χ4v) is 3.86. The Morgan fingerprint density at radius 2 is 1.51 bits per heavy atom. The standard InChI is InChI=1S/C23H24N4O2.C4H4O4/c1-26(22(29)19-7-9-20(28)10-8-19)21-11-14-24-23(25-21)27-15-12-18(13-16-27)17-5-3-2-4-6-17;5-3(6)1-2-4(7)8/h2-11,14,18,28H,12-13,15-16H2,1H3;1-2H,(H,5,6)(H,7,8)/b;2-1-. The molecule has 1 aliphatic rings. The summed E-state index contributed by atoms with van der Waals surface area (Å²) in [7, 11) is 1.70. The number of carbonyl (C=O) groups excluding carboxylic acids is 1. The van der Waals surface area contributed by atoms with Gasteiger partial charge < -0.3 is 20.2 Å². The van der Waals surface area contributed by atoms with Gasteiger partial charge in [-0.15, -0.1) is 0 Å². The van der Waals surface area contributed by atoms with Gasteiger partial charge in [-0.25, -0.2) is 14.6 Å². The molecule has 1 aromatic heterocycles. The van der Waals surface area contributed by atoms with Gasteiger partial charge in [-0.3, -0.25) is 9.69 Å². The summed E-state index contributed by atoms with van der Waals surface area (Å²) < 4.78 is 0. The molecule has 10 nitrogen and oxygen atoms in total. The molecule has 0 radical (unpaired) electrons. The molecule has 0 atom stereocenters. The molecule has 0 bridgehead atoms.